The number of rotatable bonds is 2. The zero-order valence-electron chi connectivity index (χ0n) is 11.0. The summed E-state index contributed by atoms with van der Waals surface area (Å²) in [6.07, 6.45) is 1.97. The van der Waals surface area contributed by atoms with E-state index in [-0.39, 0.29) is 12.1 Å². The first kappa shape index (κ1) is 13.8. The lowest BCUT2D eigenvalue weighted by Crippen LogP contribution is -2.53. The minimum absolute atomic E-state index is 0.199. The highest BCUT2D eigenvalue weighted by Gasteiger charge is 2.35. The molecule has 2 atom stereocenters. The van der Waals surface area contributed by atoms with E-state index >= 15 is 0 Å². The zero-order valence-corrected chi connectivity index (χ0v) is 11.0. The van der Waals surface area contributed by atoms with Crippen LogP contribution in [0.4, 0.5) is 4.79 Å². The average Bonchev–Trinajstić information content (AvgIpc) is 2.58. The lowest BCUT2D eigenvalue weighted by Gasteiger charge is -2.31. The van der Waals surface area contributed by atoms with Gasteiger partial charge in [-0.2, -0.15) is 0 Å². The van der Waals surface area contributed by atoms with Crippen LogP contribution < -0.4 is 5.32 Å². The highest BCUT2D eigenvalue weighted by Crippen LogP contribution is 2.21. The Morgan fingerprint density at radius 3 is 2.35 bits per heavy atom. The van der Waals surface area contributed by atoms with Gasteiger partial charge in [-0.05, 0) is 25.2 Å². The molecule has 2 N–H and O–H groups in total. The number of nitrogens with one attached hydrogen (secondary N) is 1. The molecule has 1 aliphatic heterocycles. The third-order valence-electron chi connectivity index (χ3n) is 3.19. The van der Waals surface area contributed by atoms with Gasteiger partial charge in [0, 0.05) is 12.6 Å². The van der Waals surface area contributed by atoms with Crippen LogP contribution in [0.3, 0.4) is 0 Å². The topological polar surface area (TPSA) is 69.6 Å². The number of aliphatic carboxylic acids is 1. The van der Waals surface area contributed by atoms with E-state index in [1.807, 2.05) is 6.92 Å². The SMILES string of the molecule is CC1CCCN1C(=O)NC(C(=O)O)C(C)(C)C. The molecule has 17 heavy (non-hydrogen) atoms. The van der Waals surface area contributed by atoms with Crippen molar-refractivity contribution in [2.75, 3.05) is 6.54 Å². The quantitative estimate of drug-likeness (QED) is 0.774. The first-order valence-corrected chi connectivity index (χ1v) is 6.03. The summed E-state index contributed by atoms with van der Waals surface area (Å²) in [5.41, 5.74) is -0.496. The molecule has 2 amide bonds. The molecule has 1 fully saturated rings. The van der Waals surface area contributed by atoms with Crippen molar-refractivity contribution in [2.24, 2.45) is 5.41 Å². The number of carboxylic acid groups (broad SMARTS) is 1. The summed E-state index contributed by atoms with van der Waals surface area (Å²) in [5.74, 6) is -0.988. The van der Waals surface area contributed by atoms with Gasteiger partial charge in [0.05, 0.1) is 0 Å². The van der Waals surface area contributed by atoms with Crippen molar-refractivity contribution in [3.8, 4) is 0 Å². The molecular formula is C12H22N2O3. The summed E-state index contributed by atoms with van der Waals surface area (Å²) >= 11 is 0. The van der Waals surface area contributed by atoms with Gasteiger partial charge in [0.25, 0.3) is 0 Å². The molecule has 0 aromatic carbocycles. The van der Waals surface area contributed by atoms with Crippen molar-refractivity contribution in [3.63, 3.8) is 0 Å². The second-order valence-corrected chi connectivity index (χ2v) is 5.77. The van der Waals surface area contributed by atoms with Crippen LogP contribution in [0.5, 0.6) is 0 Å². The summed E-state index contributed by atoms with van der Waals surface area (Å²) in [6, 6.07) is -0.926. The highest BCUT2D eigenvalue weighted by atomic mass is 16.4. The van der Waals surface area contributed by atoms with Gasteiger partial charge in [-0.3, -0.25) is 0 Å². The van der Waals surface area contributed by atoms with Gasteiger partial charge in [0.1, 0.15) is 6.04 Å². The molecule has 0 aliphatic carbocycles. The van der Waals surface area contributed by atoms with Gasteiger partial charge in [-0.25, -0.2) is 9.59 Å². The van der Waals surface area contributed by atoms with Gasteiger partial charge in [-0.15, -0.1) is 0 Å². The van der Waals surface area contributed by atoms with E-state index in [1.54, 1.807) is 25.7 Å². The van der Waals surface area contributed by atoms with Gasteiger partial charge >= 0.3 is 12.0 Å². The smallest absolute Gasteiger partial charge is 0.326 e. The first-order chi connectivity index (χ1) is 7.73. The fourth-order valence-corrected chi connectivity index (χ4v) is 2.09. The lowest BCUT2D eigenvalue weighted by atomic mass is 9.87. The molecule has 0 bridgehead atoms. The Morgan fingerprint density at radius 1 is 1.41 bits per heavy atom. The number of hydrogen-bond acceptors (Lipinski definition) is 2. The highest BCUT2D eigenvalue weighted by molar-refractivity contribution is 5.83. The number of carbonyl (C=O) groups excluding carboxylic acids is 1. The molecule has 0 saturated carbocycles. The number of urea groups is 1. The third-order valence-corrected chi connectivity index (χ3v) is 3.19. The summed E-state index contributed by atoms with van der Waals surface area (Å²) in [7, 11) is 0. The Morgan fingerprint density at radius 2 is 2.00 bits per heavy atom. The first-order valence-electron chi connectivity index (χ1n) is 6.03. The zero-order chi connectivity index (χ0) is 13.2. The van der Waals surface area contributed by atoms with Crippen LogP contribution in [-0.2, 0) is 4.79 Å². The average molecular weight is 242 g/mol. The molecule has 98 valence electrons. The Balaban J connectivity index is 2.68. The van der Waals surface area contributed by atoms with Crippen molar-refractivity contribution >= 4 is 12.0 Å². The van der Waals surface area contributed by atoms with Crippen molar-refractivity contribution in [1.82, 2.24) is 10.2 Å². The van der Waals surface area contributed by atoms with Gasteiger partial charge < -0.3 is 15.3 Å². The van der Waals surface area contributed by atoms with Crippen LogP contribution in [0.25, 0.3) is 0 Å². The Hall–Kier alpha value is -1.26. The van der Waals surface area contributed by atoms with E-state index in [0.29, 0.717) is 6.54 Å². The Kier molecular flexibility index (Phi) is 4.01. The molecule has 0 spiro atoms. The van der Waals surface area contributed by atoms with Crippen LogP contribution in [-0.4, -0.2) is 40.6 Å². The third kappa shape index (κ3) is 3.35. The van der Waals surface area contributed by atoms with Crippen molar-refractivity contribution in [1.29, 1.82) is 0 Å². The molecule has 5 nitrogen and oxygen atoms in total. The van der Waals surface area contributed by atoms with Crippen LogP contribution >= 0.6 is 0 Å². The predicted molar refractivity (Wildman–Crippen MR) is 64.8 cm³/mol. The summed E-state index contributed by atoms with van der Waals surface area (Å²) in [4.78, 5) is 24.8. The van der Waals surface area contributed by atoms with E-state index < -0.39 is 17.4 Å². The molecule has 2 unspecified atom stereocenters. The molecule has 0 aromatic rings. The maximum absolute atomic E-state index is 12.0. The van der Waals surface area contributed by atoms with Crippen molar-refractivity contribution in [3.05, 3.63) is 0 Å². The normalized spacial score (nSPS) is 22.4. The number of likely N-dealkylation sites (tertiary alicyclic amines) is 1. The van der Waals surface area contributed by atoms with Crippen molar-refractivity contribution < 1.29 is 14.7 Å². The molecule has 0 radical (unpaired) electrons. The Labute approximate surface area is 102 Å². The van der Waals surface area contributed by atoms with Gasteiger partial charge in [0.15, 0.2) is 0 Å². The second-order valence-electron chi connectivity index (χ2n) is 5.77. The standard InChI is InChI=1S/C12H22N2O3/c1-8-6-5-7-14(8)11(17)13-9(10(15)16)12(2,3)4/h8-9H,5-7H2,1-4H3,(H,13,17)(H,15,16). The molecule has 1 rings (SSSR count). The number of nitrogens with zero attached hydrogens (tertiary/aromatic N) is 1. The van der Waals surface area contributed by atoms with Crippen LogP contribution in [0.2, 0.25) is 0 Å². The molecule has 1 aliphatic rings. The minimum Gasteiger partial charge on any atom is -0.480 e. The van der Waals surface area contributed by atoms with Crippen molar-refractivity contribution in [2.45, 2.75) is 52.6 Å². The molecule has 5 heteroatoms. The lowest BCUT2D eigenvalue weighted by molar-refractivity contribution is -0.142. The van der Waals surface area contributed by atoms with E-state index in [1.165, 1.54) is 0 Å². The minimum atomic E-state index is -0.988. The summed E-state index contributed by atoms with van der Waals surface area (Å²) < 4.78 is 0. The van der Waals surface area contributed by atoms with Crippen LogP contribution in [0.15, 0.2) is 0 Å². The number of amides is 2. The predicted octanol–water partition coefficient (Wildman–Crippen LogP) is 1.68. The molecular weight excluding hydrogens is 220 g/mol. The molecule has 1 saturated heterocycles. The Bertz CT molecular complexity index is 309. The van der Waals surface area contributed by atoms with E-state index in [4.69, 9.17) is 5.11 Å². The molecule has 1 heterocycles. The monoisotopic (exact) mass is 242 g/mol. The van der Waals surface area contributed by atoms with Gasteiger partial charge in [0.2, 0.25) is 0 Å². The largest absolute Gasteiger partial charge is 0.480 e. The summed E-state index contributed by atoms with van der Waals surface area (Å²) in [5, 5.41) is 11.7. The van der Waals surface area contributed by atoms with Crippen LogP contribution in [0.1, 0.15) is 40.5 Å². The maximum Gasteiger partial charge on any atom is 0.326 e. The van der Waals surface area contributed by atoms with E-state index in [9.17, 15) is 9.59 Å². The maximum atomic E-state index is 12.0. The fourth-order valence-electron chi connectivity index (χ4n) is 2.09. The number of carboxylic acids is 1. The number of hydrogen-bond donors (Lipinski definition) is 2. The van der Waals surface area contributed by atoms with E-state index in [0.717, 1.165) is 12.8 Å². The van der Waals surface area contributed by atoms with Gasteiger partial charge in [-0.1, -0.05) is 20.8 Å². The number of carbonyl (C=O) groups is 2. The fraction of sp³-hybridized carbons (Fsp3) is 0.833. The summed E-state index contributed by atoms with van der Waals surface area (Å²) in [6.45, 7) is 8.11. The molecule has 0 aromatic heterocycles. The second kappa shape index (κ2) is 4.94. The van der Waals surface area contributed by atoms with E-state index in [2.05, 4.69) is 5.32 Å². The van der Waals surface area contributed by atoms with Crippen LogP contribution in [0, 0.1) is 5.41 Å².